The summed E-state index contributed by atoms with van der Waals surface area (Å²) in [7, 11) is 0. The van der Waals surface area contributed by atoms with Crippen molar-refractivity contribution in [2.45, 2.75) is 6.92 Å². The van der Waals surface area contributed by atoms with Crippen LogP contribution in [-0.4, -0.2) is 32.5 Å². The number of carbonyl (C=O) groups is 2. The van der Waals surface area contributed by atoms with Gasteiger partial charge < -0.3 is 18.6 Å². The van der Waals surface area contributed by atoms with Gasteiger partial charge in [0.1, 0.15) is 0 Å². The van der Waals surface area contributed by atoms with Crippen LogP contribution in [0.25, 0.3) is 22.4 Å². The van der Waals surface area contributed by atoms with E-state index in [1.165, 1.54) is 0 Å². The smallest absolute Gasteiger partial charge is 0.340 e. The van der Waals surface area contributed by atoms with Gasteiger partial charge in [0.2, 0.25) is 0 Å². The van der Waals surface area contributed by atoms with Gasteiger partial charge >= 0.3 is 11.9 Å². The maximum atomic E-state index is 12.3. The Balaban J connectivity index is 2.03. The maximum absolute atomic E-state index is 12.3. The Kier molecular flexibility index (Phi) is 3.73. The molecule has 26 heavy (non-hydrogen) atoms. The van der Waals surface area contributed by atoms with Crippen LogP contribution in [0.5, 0.6) is 0 Å². The van der Waals surface area contributed by atoms with Crippen LogP contribution in [0.4, 0.5) is 0 Å². The van der Waals surface area contributed by atoms with Gasteiger partial charge in [-0.25, -0.2) is 9.59 Å². The fourth-order valence-electron chi connectivity index (χ4n) is 3.24. The van der Waals surface area contributed by atoms with E-state index >= 15 is 0 Å². The first-order valence-corrected chi connectivity index (χ1v) is 8.22. The molecule has 6 heteroatoms. The van der Waals surface area contributed by atoms with Gasteiger partial charge in [-0.3, -0.25) is 0 Å². The van der Waals surface area contributed by atoms with Crippen molar-refractivity contribution < 1.29 is 19.4 Å². The number of carbonyl (C=O) groups excluding carboxylic acids is 1. The number of esters is 1. The molecule has 0 saturated heterocycles. The summed E-state index contributed by atoms with van der Waals surface area (Å²) < 4.78 is 8.84. The van der Waals surface area contributed by atoms with Crippen LogP contribution in [0.1, 0.15) is 27.6 Å². The first kappa shape index (κ1) is 16.0. The molecule has 0 aliphatic carbocycles. The minimum absolute atomic E-state index is 0.212. The van der Waals surface area contributed by atoms with E-state index in [9.17, 15) is 14.7 Å². The summed E-state index contributed by atoms with van der Waals surface area (Å²) in [6, 6.07) is 14.3. The molecular weight excluding hydrogens is 332 g/mol. The molecule has 0 aliphatic heterocycles. The number of aromatic carboxylic acids is 1. The zero-order chi connectivity index (χ0) is 18.3. The first-order chi connectivity index (χ1) is 12.6. The summed E-state index contributed by atoms with van der Waals surface area (Å²) in [5.41, 5.74) is 3.38. The third-order valence-electron chi connectivity index (χ3n) is 4.34. The number of rotatable bonds is 4. The SMILES string of the molecule is CCOC(=O)c1cc(-c2cc(C(=O)O)c3ccccn23)n2ccccc12. The van der Waals surface area contributed by atoms with Crippen molar-refractivity contribution in [2.75, 3.05) is 6.61 Å². The molecular formula is C20H16N2O4. The van der Waals surface area contributed by atoms with Crippen LogP contribution in [0.15, 0.2) is 60.9 Å². The second kappa shape index (κ2) is 6.07. The second-order valence-electron chi connectivity index (χ2n) is 5.82. The summed E-state index contributed by atoms with van der Waals surface area (Å²) in [4.78, 5) is 24.0. The van der Waals surface area contributed by atoms with Gasteiger partial charge in [-0.05, 0) is 43.3 Å². The average Bonchev–Trinajstić information content (AvgIpc) is 3.20. The Morgan fingerprint density at radius 3 is 2.00 bits per heavy atom. The van der Waals surface area contributed by atoms with E-state index in [1.54, 1.807) is 31.2 Å². The Morgan fingerprint density at radius 1 is 0.923 bits per heavy atom. The molecule has 4 rings (SSSR count). The molecule has 130 valence electrons. The maximum Gasteiger partial charge on any atom is 0.340 e. The topological polar surface area (TPSA) is 72.4 Å². The average molecular weight is 348 g/mol. The van der Waals surface area contributed by atoms with E-state index in [-0.39, 0.29) is 12.2 Å². The summed E-state index contributed by atoms with van der Waals surface area (Å²) in [5, 5.41) is 9.53. The highest BCUT2D eigenvalue weighted by molar-refractivity contribution is 6.01. The molecule has 4 heterocycles. The molecule has 0 spiro atoms. The van der Waals surface area contributed by atoms with Crippen LogP contribution in [-0.2, 0) is 4.74 Å². The normalized spacial score (nSPS) is 11.1. The highest BCUT2D eigenvalue weighted by Gasteiger charge is 2.21. The van der Waals surface area contributed by atoms with Crippen molar-refractivity contribution >= 4 is 23.0 Å². The highest BCUT2D eigenvalue weighted by atomic mass is 16.5. The van der Waals surface area contributed by atoms with Crippen LogP contribution in [0.3, 0.4) is 0 Å². The van der Waals surface area contributed by atoms with Gasteiger partial charge in [0.25, 0.3) is 0 Å². The van der Waals surface area contributed by atoms with Gasteiger partial charge in [-0.1, -0.05) is 12.1 Å². The van der Waals surface area contributed by atoms with E-state index in [2.05, 4.69) is 0 Å². The number of hydrogen-bond acceptors (Lipinski definition) is 3. The number of ether oxygens (including phenoxy) is 1. The molecule has 0 bridgehead atoms. The van der Waals surface area contributed by atoms with Crippen molar-refractivity contribution in [1.29, 1.82) is 0 Å². The summed E-state index contributed by atoms with van der Waals surface area (Å²) in [6.07, 6.45) is 3.65. The molecule has 0 amide bonds. The fraction of sp³-hybridized carbons (Fsp3) is 0.100. The number of carboxylic acids is 1. The molecule has 0 atom stereocenters. The molecule has 0 aromatic carbocycles. The van der Waals surface area contributed by atoms with Gasteiger partial charge in [0, 0.05) is 12.4 Å². The van der Waals surface area contributed by atoms with Gasteiger partial charge in [-0.2, -0.15) is 0 Å². The lowest BCUT2D eigenvalue weighted by Crippen LogP contribution is -2.03. The molecule has 0 fully saturated rings. The zero-order valence-corrected chi connectivity index (χ0v) is 14.0. The molecule has 1 N–H and O–H groups in total. The zero-order valence-electron chi connectivity index (χ0n) is 14.0. The summed E-state index contributed by atoms with van der Waals surface area (Å²) in [5.74, 6) is -1.40. The van der Waals surface area contributed by atoms with E-state index in [0.717, 1.165) is 5.69 Å². The predicted molar refractivity (Wildman–Crippen MR) is 96.7 cm³/mol. The largest absolute Gasteiger partial charge is 0.478 e. The lowest BCUT2D eigenvalue weighted by molar-refractivity contribution is 0.0528. The summed E-state index contributed by atoms with van der Waals surface area (Å²) in [6.45, 7) is 2.05. The molecule has 4 aromatic rings. The van der Waals surface area contributed by atoms with Crippen molar-refractivity contribution in [1.82, 2.24) is 8.80 Å². The summed E-state index contributed by atoms with van der Waals surface area (Å²) >= 11 is 0. The molecule has 4 aromatic heterocycles. The fourth-order valence-corrected chi connectivity index (χ4v) is 3.24. The minimum atomic E-state index is -0.994. The van der Waals surface area contributed by atoms with Crippen molar-refractivity contribution in [3.63, 3.8) is 0 Å². The van der Waals surface area contributed by atoms with Crippen molar-refractivity contribution in [2.24, 2.45) is 0 Å². The van der Waals surface area contributed by atoms with E-state index < -0.39 is 11.9 Å². The third kappa shape index (κ3) is 2.35. The Labute approximate surface area is 148 Å². The number of aromatic nitrogens is 2. The Bertz CT molecular complexity index is 1150. The number of fused-ring (bicyclic) bond motifs is 2. The monoisotopic (exact) mass is 348 g/mol. The lowest BCUT2D eigenvalue weighted by Gasteiger charge is -2.04. The number of nitrogens with zero attached hydrogens (tertiary/aromatic N) is 2. The van der Waals surface area contributed by atoms with Crippen LogP contribution < -0.4 is 0 Å². The lowest BCUT2D eigenvalue weighted by atomic mass is 10.2. The standard InChI is InChI=1S/C20H16N2O4/c1-2-26-20(25)14-12-18(22-10-6-4-8-16(14)22)17-11-13(19(23)24)15-7-3-5-9-21(15)17/h3-12H,2H2,1H3,(H,23,24). The predicted octanol–water partition coefficient (Wildman–Crippen LogP) is 3.73. The van der Waals surface area contributed by atoms with Gasteiger partial charge in [0.05, 0.1) is 40.2 Å². The van der Waals surface area contributed by atoms with Crippen LogP contribution >= 0.6 is 0 Å². The van der Waals surface area contributed by atoms with Gasteiger partial charge in [-0.15, -0.1) is 0 Å². The van der Waals surface area contributed by atoms with Crippen LogP contribution in [0, 0.1) is 0 Å². The van der Waals surface area contributed by atoms with E-state index in [1.807, 2.05) is 45.5 Å². The Hall–Kier alpha value is -3.54. The first-order valence-electron chi connectivity index (χ1n) is 8.22. The van der Waals surface area contributed by atoms with Gasteiger partial charge in [0.15, 0.2) is 0 Å². The van der Waals surface area contributed by atoms with E-state index in [4.69, 9.17) is 4.74 Å². The number of pyridine rings is 2. The molecule has 0 saturated carbocycles. The Morgan fingerprint density at radius 2 is 1.46 bits per heavy atom. The molecule has 0 unspecified atom stereocenters. The molecule has 0 aliphatic rings. The van der Waals surface area contributed by atoms with Crippen molar-refractivity contribution in [3.8, 4) is 11.4 Å². The number of hydrogen-bond donors (Lipinski definition) is 1. The van der Waals surface area contributed by atoms with E-state index in [0.29, 0.717) is 22.3 Å². The molecule has 0 radical (unpaired) electrons. The van der Waals surface area contributed by atoms with Crippen molar-refractivity contribution in [3.05, 3.63) is 72.1 Å². The molecule has 6 nitrogen and oxygen atoms in total. The highest BCUT2D eigenvalue weighted by Crippen LogP contribution is 2.30. The number of carboxylic acid groups (broad SMARTS) is 1. The minimum Gasteiger partial charge on any atom is -0.478 e. The third-order valence-corrected chi connectivity index (χ3v) is 4.34. The second-order valence-corrected chi connectivity index (χ2v) is 5.82. The quantitative estimate of drug-likeness (QED) is 0.570. The van der Waals surface area contributed by atoms with Crippen LogP contribution in [0.2, 0.25) is 0 Å².